The number of nitrogens with zero attached hydrogens (tertiary/aromatic N) is 1. The van der Waals surface area contributed by atoms with E-state index >= 15 is 0 Å². The molecule has 6 nitrogen and oxygen atoms in total. The zero-order valence-corrected chi connectivity index (χ0v) is 11.9. The molecule has 0 bridgehead atoms. The summed E-state index contributed by atoms with van der Waals surface area (Å²) < 4.78 is 0. The molecule has 0 spiro atoms. The number of hydrogen-bond acceptors (Lipinski definition) is 4. The van der Waals surface area contributed by atoms with Gasteiger partial charge < -0.3 is 10.6 Å². The van der Waals surface area contributed by atoms with Crippen molar-refractivity contribution in [3.05, 3.63) is 33.9 Å². The molecule has 0 aromatic heterocycles. The zero-order valence-electron chi connectivity index (χ0n) is 11.9. The van der Waals surface area contributed by atoms with Crippen LogP contribution in [0.3, 0.4) is 0 Å². The van der Waals surface area contributed by atoms with Crippen molar-refractivity contribution in [2.75, 3.05) is 5.32 Å². The van der Waals surface area contributed by atoms with Crippen LogP contribution in [0.5, 0.6) is 0 Å². The van der Waals surface area contributed by atoms with Crippen LogP contribution in [-0.4, -0.2) is 22.4 Å². The lowest BCUT2D eigenvalue weighted by Crippen LogP contribution is -2.40. The van der Waals surface area contributed by atoms with Gasteiger partial charge in [-0.05, 0) is 45.7 Å². The van der Waals surface area contributed by atoms with E-state index in [0.29, 0.717) is 17.3 Å². The Labute approximate surface area is 117 Å². The van der Waals surface area contributed by atoms with Crippen molar-refractivity contribution in [2.24, 2.45) is 0 Å². The Hall–Kier alpha value is -2.11. The van der Waals surface area contributed by atoms with E-state index in [1.807, 2.05) is 20.8 Å². The van der Waals surface area contributed by atoms with Crippen molar-refractivity contribution in [3.63, 3.8) is 0 Å². The van der Waals surface area contributed by atoms with Crippen molar-refractivity contribution >= 4 is 17.3 Å². The van der Waals surface area contributed by atoms with E-state index in [1.165, 1.54) is 6.07 Å². The van der Waals surface area contributed by atoms with Crippen molar-refractivity contribution in [1.82, 2.24) is 5.32 Å². The van der Waals surface area contributed by atoms with Crippen LogP contribution in [0.25, 0.3) is 0 Å². The first-order chi connectivity index (χ1) is 9.26. The molecule has 1 aliphatic rings. The zero-order chi connectivity index (χ0) is 14.9. The van der Waals surface area contributed by atoms with Crippen molar-refractivity contribution < 1.29 is 9.72 Å². The predicted octanol–water partition coefficient (Wildman–Crippen LogP) is 2.70. The third kappa shape index (κ3) is 3.69. The van der Waals surface area contributed by atoms with E-state index in [1.54, 1.807) is 12.1 Å². The quantitative estimate of drug-likeness (QED) is 0.654. The summed E-state index contributed by atoms with van der Waals surface area (Å²) in [5.41, 5.74) is 0.341. The molecule has 6 heteroatoms. The molecular formula is C14H19N3O3. The van der Waals surface area contributed by atoms with Gasteiger partial charge in [0.05, 0.1) is 4.92 Å². The molecule has 0 heterocycles. The monoisotopic (exact) mass is 277 g/mol. The number of benzene rings is 1. The maximum absolute atomic E-state index is 12.0. The molecule has 108 valence electrons. The topological polar surface area (TPSA) is 84.3 Å². The average Bonchev–Trinajstić information content (AvgIpc) is 3.10. The standard InChI is InChI=1S/C14H19N3O3/c1-14(2,3)16-13(18)9-4-7-11(15-10-5-6-10)12(8-9)17(19)20/h4,7-8,10,15H,5-6H2,1-3H3,(H,16,18). The molecule has 1 amide bonds. The molecule has 0 unspecified atom stereocenters. The second-order valence-corrected chi connectivity index (χ2v) is 6.11. The van der Waals surface area contributed by atoms with E-state index in [-0.39, 0.29) is 17.1 Å². The van der Waals surface area contributed by atoms with Crippen molar-refractivity contribution in [2.45, 2.75) is 45.2 Å². The lowest BCUT2D eigenvalue weighted by atomic mass is 10.1. The summed E-state index contributed by atoms with van der Waals surface area (Å²) in [4.78, 5) is 22.7. The van der Waals surface area contributed by atoms with Crippen molar-refractivity contribution in [1.29, 1.82) is 0 Å². The summed E-state index contributed by atoms with van der Waals surface area (Å²) in [6.45, 7) is 5.59. The van der Waals surface area contributed by atoms with E-state index in [2.05, 4.69) is 10.6 Å². The Bertz CT molecular complexity index is 545. The van der Waals surface area contributed by atoms with Crippen LogP contribution in [0.2, 0.25) is 0 Å². The minimum absolute atomic E-state index is 0.0570. The van der Waals surface area contributed by atoms with E-state index < -0.39 is 4.92 Å². The number of nitro benzene ring substituents is 1. The Balaban J connectivity index is 2.24. The molecule has 0 atom stereocenters. The molecular weight excluding hydrogens is 258 g/mol. The van der Waals surface area contributed by atoms with Gasteiger partial charge in [-0.1, -0.05) is 0 Å². The number of amides is 1. The maximum atomic E-state index is 12.0. The summed E-state index contributed by atoms with van der Waals surface area (Å²) in [7, 11) is 0. The molecule has 1 aliphatic carbocycles. The summed E-state index contributed by atoms with van der Waals surface area (Å²) in [6.07, 6.45) is 2.06. The first-order valence-corrected chi connectivity index (χ1v) is 6.64. The Morgan fingerprint density at radius 2 is 2.00 bits per heavy atom. The second-order valence-electron chi connectivity index (χ2n) is 6.11. The molecule has 2 N–H and O–H groups in total. The highest BCUT2D eigenvalue weighted by atomic mass is 16.6. The average molecular weight is 277 g/mol. The fourth-order valence-corrected chi connectivity index (χ4v) is 1.81. The minimum Gasteiger partial charge on any atom is -0.377 e. The summed E-state index contributed by atoms with van der Waals surface area (Å²) in [6, 6.07) is 4.86. The number of rotatable bonds is 4. The van der Waals surface area contributed by atoms with Gasteiger partial charge in [0.1, 0.15) is 5.69 Å². The van der Waals surface area contributed by atoms with Crippen LogP contribution in [0.1, 0.15) is 44.0 Å². The molecule has 20 heavy (non-hydrogen) atoms. The van der Waals surface area contributed by atoms with Gasteiger partial charge in [-0.25, -0.2) is 0 Å². The molecule has 1 saturated carbocycles. The first kappa shape index (κ1) is 14.3. The first-order valence-electron chi connectivity index (χ1n) is 6.64. The van der Waals surface area contributed by atoms with Crippen LogP contribution in [0.4, 0.5) is 11.4 Å². The normalized spacial score (nSPS) is 14.8. The van der Waals surface area contributed by atoms with Crippen LogP contribution in [0, 0.1) is 10.1 Å². The van der Waals surface area contributed by atoms with Gasteiger partial charge in [-0.2, -0.15) is 0 Å². The van der Waals surface area contributed by atoms with Crippen molar-refractivity contribution in [3.8, 4) is 0 Å². The second kappa shape index (κ2) is 5.11. The Morgan fingerprint density at radius 1 is 1.35 bits per heavy atom. The Morgan fingerprint density at radius 3 is 2.50 bits per heavy atom. The lowest BCUT2D eigenvalue weighted by molar-refractivity contribution is -0.384. The molecule has 0 saturated heterocycles. The van der Waals surface area contributed by atoms with Crippen LogP contribution >= 0.6 is 0 Å². The van der Waals surface area contributed by atoms with Crippen LogP contribution in [-0.2, 0) is 0 Å². The highest BCUT2D eigenvalue weighted by Gasteiger charge is 2.26. The molecule has 0 radical (unpaired) electrons. The SMILES string of the molecule is CC(C)(C)NC(=O)c1ccc(NC2CC2)c([N+](=O)[O-])c1. The minimum atomic E-state index is -0.460. The third-order valence-corrected chi connectivity index (χ3v) is 2.88. The van der Waals surface area contributed by atoms with Gasteiger partial charge in [0.15, 0.2) is 0 Å². The number of hydrogen-bond donors (Lipinski definition) is 2. The van der Waals surface area contributed by atoms with Crippen LogP contribution in [0.15, 0.2) is 18.2 Å². The smallest absolute Gasteiger partial charge is 0.293 e. The molecule has 2 rings (SSSR count). The van der Waals surface area contributed by atoms with Gasteiger partial charge in [-0.15, -0.1) is 0 Å². The maximum Gasteiger partial charge on any atom is 0.293 e. The summed E-state index contributed by atoms with van der Waals surface area (Å²) in [5.74, 6) is -0.307. The molecule has 1 aromatic rings. The van der Waals surface area contributed by atoms with Gasteiger partial charge in [-0.3, -0.25) is 14.9 Å². The number of anilines is 1. The Kier molecular flexibility index (Phi) is 3.65. The van der Waals surface area contributed by atoms with Gasteiger partial charge in [0, 0.05) is 23.2 Å². The summed E-state index contributed by atoms with van der Waals surface area (Å²) in [5, 5.41) is 17.0. The number of nitrogens with one attached hydrogen (secondary N) is 2. The molecule has 0 aliphatic heterocycles. The molecule has 1 aromatic carbocycles. The number of nitro groups is 1. The lowest BCUT2D eigenvalue weighted by Gasteiger charge is -2.20. The van der Waals surface area contributed by atoms with E-state index in [9.17, 15) is 14.9 Å². The van der Waals surface area contributed by atoms with Gasteiger partial charge in [0.2, 0.25) is 0 Å². The predicted molar refractivity (Wildman–Crippen MR) is 77.0 cm³/mol. The molecule has 1 fully saturated rings. The fraction of sp³-hybridized carbons (Fsp3) is 0.500. The largest absolute Gasteiger partial charge is 0.377 e. The highest BCUT2D eigenvalue weighted by molar-refractivity contribution is 5.96. The van der Waals surface area contributed by atoms with Gasteiger partial charge >= 0.3 is 0 Å². The van der Waals surface area contributed by atoms with E-state index in [4.69, 9.17) is 0 Å². The van der Waals surface area contributed by atoms with E-state index in [0.717, 1.165) is 12.8 Å². The summed E-state index contributed by atoms with van der Waals surface area (Å²) >= 11 is 0. The number of carbonyl (C=O) groups excluding carboxylic acids is 1. The highest BCUT2D eigenvalue weighted by Crippen LogP contribution is 2.31. The third-order valence-electron chi connectivity index (χ3n) is 2.88. The fourth-order valence-electron chi connectivity index (χ4n) is 1.81. The number of carbonyl (C=O) groups is 1. The van der Waals surface area contributed by atoms with Crippen LogP contribution < -0.4 is 10.6 Å². The van der Waals surface area contributed by atoms with Gasteiger partial charge in [0.25, 0.3) is 11.6 Å².